The molecule has 0 bridgehead atoms. The number of hydrogen-bond donors (Lipinski definition) is 2. The van der Waals surface area contributed by atoms with Crippen molar-refractivity contribution in [3.05, 3.63) is 5.01 Å². The van der Waals surface area contributed by atoms with Gasteiger partial charge in [0.25, 0.3) is 0 Å². The predicted molar refractivity (Wildman–Crippen MR) is 56.0 cm³/mol. The summed E-state index contributed by atoms with van der Waals surface area (Å²) in [6.45, 7) is 6.73. The number of nitrogens with one attached hydrogen (secondary N) is 1. The Hall–Kier alpha value is -0.680. The molecule has 0 saturated heterocycles. The summed E-state index contributed by atoms with van der Waals surface area (Å²) in [6.07, 6.45) is 0.974. The molecule has 1 aromatic rings. The van der Waals surface area contributed by atoms with Gasteiger partial charge in [0.1, 0.15) is 5.01 Å². The Bertz CT molecular complexity index is 267. The van der Waals surface area contributed by atoms with Crippen LogP contribution >= 0.6 is 11.3 Å². The molecule has 5 heteroatoms. The second kappa shape index (κ2) is 4.02. The zero-order valence-electron chi connectivity index (χ0n) is 8.29. The van der Waals surface area contributed by atoms with E-state index < -0.39 is 0 Å². The number of nitrogens with two attached hydrogens (primary N) is 1. The van der Waals surface area contributed by atoms with E-state index in [1.54, 1.807) is 11.3 Å². The Balaban J connectivity index is 2.67. The van der Waals surface area contributed by atoms with Crippen molar-refractivity contribution in [1.29, 1.82) is 0 Å². The van der Waals surface area contributed by atoms with Crippen molar-refractivity contribution in [1.82, 2.24) is 10.2 Å². The van der Waals surface area contributed by atoms with Gasteiger partial charge < -0.3 is 11.1 Å². The van der Waals surface area contributed by atoms with Crippen LogP contribution in [0, 0.1) is 6.92 Å². The highest BCUT2D eigenvalue weighted by molar-refractivity contribution is 7.15. The van der Waals surface area contributed by atoms with Crippen LogP contribution in [0.25, 0.3) is 0 Å². The second-order valence-corrected chi connectivity index (χ2v) is 4.55. The summed E-state index contributed by atoms with van der Waals surface area (Å²) < 4.78 is 0. The highest BCUT2D eigenvalue weighted by Gasteiger charge is 2.20. The van der Waals surface area contributed by atoms with Gasteiger partial charge >= 0.3 is 0 Å². The molecular weight excluding hydrogens is 184 g/mol. The fraction of sp³-hybridized carbons (Fsp3) is 0.750. The maximum atomic E-state index is 5.67. The lowest BCUT2D eigenvalue weighted by molar-refractivity contribution is 0.505. The number of aromatic nitrogens is 2. The molecule has 0 fully saturated rings. The van der Waals surface area contributed by atoms with Crippen LogP contribution in [0.5, 0.6) is 0 Å². The number of anilines is 1. The van der Waals surface area contributed by atoms with Gasteiger partial charge in [0.05, 0.1) is 0 Å². The Morgan fingerprint density at radius 3 is 2.62 bits per heavy atom. The van der Waals surface area contributed by atoms with Gasteiger partial charge in [-0.05, 0) is 20.3 Å². The van der Waals surface area contributed by atoms with Crippen molar-refractivity contribution >= 4 is 16.5 Å². The molecular formula is C8H16N4S. The summed E-state index contributed by atoms with van der Waals surface area (Å²) in [4.78, 5) is 0. The van der Waals surface area contributed by atoms with E-state index in [0.29, 0.717) is 6.54 Å². The lowest BCUT2D eigenvalue weighted by Gasteiger charge is -2.27. The van der Waals surface area contributed by atoms with Crippen LogP contribution in [0.3, 0.4) is 0 Å². The highest BCUT2D eigenvalue weighted by atomic mass is 32.1. The van der Waals surface area contributed by atoms with Crippen LogP contribution in [-0.2, 0) is 0 Å². The second-order valence-electron chi connectivity index (χ2n) is 3.37. The maximum Gasteiger partial charge on any atom is 0.206 e. The number of rotatable bonds is 4. The van der Waals surface area contributed by atoms with Crippen LogP contribution in [0.4, 0.5) is 5.13 Å². The van der Waals surface area contributed by atoms with E-state index in [9.17, 15) is 0 Å². The van der Waals surface area contributed by atoms with Crippen molar-refractivity contribution < 1.29 is 0 Å². The van der Waals surface area contributed by atoms with Crippen LogP contribution in [0.15, 0.2) is 0 Å². The largest absolute Gasteiger partial charge is 0.354 e. The highest BCUT2D eigenvalue weighted by Crippen LogP contribution is 2.20. The van der Waals surface area contributed by atoms with E-state index in [2.05, 4.69) is 29.4 Å². The van der Waals surface area contributed by atoms with Gasteiger partial charge in [-0.3, -0.25) is 0 Å². The van der Waals surface area contributed by atoms with E-state index in [1.165, 1.54) is 0 Å². The summed E-state index contributed by atoms with van der Waals surface area (Å²) >= 11 is 1.56. The molecule has 0 aliphatic heterocycles. The van der Waals surface area contributed by atoms with Crippen LogP contribution < -0.4 is 11.1 Å². The van der Waals surface area contributed by atoms with E-state index in [4.69, 9.17) is 5.73 Å². The van der Waals surface area contributed by atoms with Crippen molar-refractivity contribution in [3.8, 4) is 0 Å². The summed E-state index contributed by atoms with van der Waals surface area (Å²) in [7, 11) is 0. The normalized spacial score (nSPS) is 15.4. The SMILES string of the molecule is CCC(C)(CN)Nc1nnc(C)s1. The molecule has 1 aromatic heterocycles. The molecule has 0 saturated carbocycles. The third-order valence-electron chi connectivity index (χ3n) is 2.17. The molecule has 0 aromatic carbocycles. The zero-order chi connectivity index (χ0) is 9.90. The summed E-state index contributed by atoms with van der Waals surface area (Å²) in [5.41, 5.74) is 5.60. The molecule has 74 valence electrons. The first-order valence-corrected chi connectivity index (χ1v) is 5.19. The Morgan fingerprint density at radius 1 is 1.54 bits per heavy atom. The molecule has 1 unspecified atom stereocenters. The van der Waals surface area contributed by atoms with Crippen LogP contribution in [-0.4, -0.2) is 22.3 Å². The molecule has 3 N–H and O–H groups in total. The lowest BCUT2D eigenvalue weighted by atomic mass is 10.00. The molecule has 0 radical (unpaired) electrons. The number of nitrogens with zero attached hydrogens (tertiary/aromatic N) is 2. The Morgan fingerprint density at radius 2 is 2.23 bits per heavy atom. The first kappa shape index (κ1) is 10.4. The summed E-state index contributed by atoms with van der Waals surface area (Å²) in [5.74, 6) is 0. The molecule has 1 rings (SSSR count). The average Bonchev–Trinajstić information content (AvgIpc) is 2.51. The molecule has 0 amide bonds. The van der Waals surface area contributed by atoms with Crippen LogP contribution in [0.2, 0.25) is 0 Å². The number of hydrogen-bond acceptors (Lipinski definition) is 5. The average molecular weight is 200 g/mol. The maximum absolute atomic E-state index is 5.67. The first-order valence-electron chi connectivity index (χ1n) is 4.38. The van der Waals surface area contributed by atoms with Gasteiger partial charge in [-0.25, -0.2) is 0 Å². The molecule has 0 aliphatic carbocycles. The van der Waals surface area contributed by atoms with Crippen LogP contribution in [0.1, 0.15) is 25.3 Å². The van der Waals surface area contributed by atoms with E-state index in [0.717, 1.165) is 16.6 Å². The lowest BCUT2D eigenvalue weighted by Crippen LogP contribution is -2.41. The van der Waals surface area contributed by atoms with Gasteiger partial charge in [0.15, 0.2) is 0 Å². The molecule has 4 nitrogen and oxygen atoms in total. The minimum Gasteiger partial charge on any atom is -0.354 e. The fourth-order valence-corrected chi connectivity index (χ4v) is 1.63. The molecule has 1 atom stereocenters. The van der Waals surface area contributed by atoms with E-state index in [-0.39, 0.29) is 5.54 Å². The third kappa shape index (κ3) is 2.63. The fourth-order valence-electron chi connectivity index (χ4n) is 0.889. The van der Waals surface area contributed by atoms with E-state index >= 15 is 0 Å². The van der Waals surface area contributed by atoms with Crippen molar-refractivity contribution in [3.63, 3.8) is 0 Å². The van der Waals surface area contributed by atoms with Crippen molar-refractivity contribution in [2.24, 2.45) is 5.73 Å². The van der Waals surface area contributed by atoms with Crippen molar-refractivity contribution in [2.75, 3.05) is 11.9 Å². The van der Waals surface area contributed by atoms with E-state index in [1.807, 2.05) is 6.92 Å². The topological polar surface area (TPSA) is 63.8 Å². The monoisotopic (exact) mass is 200 g/mol. The third-order valence-corrected chi connectivity index (χ3v) is 2.92. The smallest absolute Gasteiger partial charge is 0.206 e. The zero-order valence-corrected chi connectivity index (χ0v) is 9.11. The summed E-state index contributed by atoms with van der Waals surface area (Å²) in [6, 6.07) is 0. The van der Waals surface area contributed by atoms with Crippen molar-refractivity contribution in [2.45, 2.75) is 32.7 Å². The first-order chi connectivity index (χ1) is 6.09. The number of aryl methyl sites for hydroxylation is 1. The van der Waals surface area contributed by atoms with Gasteiger partial charge in [-0.2, -0.15) is 0 Å². The van der Waals surface area contributed by atoms with Gasteiger partial charge in [-0.1, -0.05) is 18.3 Å². The minimum absolute atomic E-state index is 0.0635. The molecule has 13 heavy (non-hydrogen) atoms. The Kier molecular flexibility index (Phi) is 3.22. The molecule has 0 aliphatic rings. The van der Waals surface area contributed by atoms with Gasteiger partial charge in [0.2, 0.25) is 5.13 Å². The van der Waals surface area contributed by atoms with Gasteiger partial charge in [0, 0.05) is 12.1 Å². The molecule has 0 spiro atoms. The summed E-state index contributed by atoms with van der Waals surface area (Å²) in [5, 5.41) is 13.1. The molecule has 1 heterocycles. The Labute approximate surface area is 82.6 Å². The standard InChI is InChI=1S/C8H16N4S/c1-4-8(3,5-9)10-7-12-11-6(2)13-7/h4-5,9H2,1-3H3,(H,10,12). The van der Waals surface area contributed by atoms with Gasteiger partial charge in [-0.15, -0.1) is 10.2 Å². The predicted octanol–water partition coefficient (Wildman–Crippen LogP) is 1.39. The quantitative estimate of drug-likeness (QED) is 0.771. The minimum atomic E-state index is -0.0635.